The molecule has 2 aromatic heterocycles. The van der Waals surface area contributed by atoms with Gasteiger partial charge in [-0.1, -0.05) is 36.3 Å². The maximum Gasteiger partial charge on any atom is 0.226 e. The van der Waals surface area contributed by atoms with Crippen LogP contribution >= 0.6 is 0 Å². The first-order valence-corrected chi connectivity index (χ1v) is 9.22. The number of benzene rings is 1. The number of carbonyl (C=O) groups excluding carboxylic acids is 1. The summed E-state index contributed by atoms with van der Waals surface area (Å²) < 4.78 is 6.95. The predicted molar refractivity (Wildman–Crippen MR) is 98.6 cm³/mol. The van der Waals surface area contributed by atoms with Crippen LogP contribution in [0.4, 0.5) is 0 Å². The molecule has 0 aliphatic rings. The Morgan fingerprint density at radius 1 is 1.22 bits per heavy atom. The van der Waals surface area contributed by atoms with Crippen LogP contribution in [-0.4, -0.2) is 30.8 Å². The fourth-order valence-electron chi connectivity index (χ4n) is 2.77. The number of amides is 1. The molecule has 0 fully saturated rings. The molecule has 27 heavy (non-hydrogen) atoms. The van der Waals surface area contributed by atoms with E-state index < -0.39 is 0 Å². The summed E-state index contributed by atoms with van der Waals surface area (Å²) in [5, 5.41) is 11.0. The Balaban J connectivity index is 1.43. The van der Waals surface area contributed by atoms with Gasteiger partial charge < -0.3 is 9.84 Å². The molecular formula is C19H24N6O2. The van der Waals surface area contributed by atoms with Gasteiger partial charge in [0.1, 0.15) is 12.7 Å². The first kappa shape index (κ1) is 18.8. The first-order chi connectivity index (χ1) is 13.2. The Morgan fingerprint density at radius 2 is 2.07 bits per heavy atom. The average molecular weight is 368 g/mol. The molecule has 3 aromatic rings. The molecule has 1 amide bonds. The van der Waals surface area contributed by atoms with E-state index in [-0.39, 0.29) is 5.91 Å². The van der Waals surface area contributed by atoms with Crippen molar-refractivity contribution in [3.8, 4) is 0 Å². The number of carbonyl (C=O) groups is 1. The van der Waals surface area contributed by atoms with Crippen molar-refractivity contribution >= 4 is 5.91 Å². The number of nitrogens with one attached hydrogen (secondary N) is 1. The highest BCUT2D eigenvalue weighted by atomic mass is 16.5. The summed E-state index contributed by atoms with van der Waals surface area (Å²) in [7, 11) is 0. The monoisotopic (exact) mass is 368 g/mol. The van der Waals surface area contributed by atoms with Crippen LogP contribution in [-0.2, 0) is 30.7 Å². The Bertz CT molecular complexity index is 844. The second-order valence-electron chi connectivity index (χ2n) is 6.35. The zero-order valence-electron chi connectivity index (χ0n) is 15.5. The highest BCUT2D eigenvalue weighted by molar-refractivity contribution is 5.75. The van der Waals surface area contributed by atoms with Gasteiger partial charge in [-0.25, -0.2) is 9.67 Å². The van der Waals surface area contributed by atoms with Crippen LogP contribution in [0.15, 0.2) is 41.4 Å². The van der Waals surface area contributed by atoms with Crippen LogP contribution in [0.2, 0.25) is 0 Å². The van der Waals surface area contributed by atoms with Crippen LogP contribution in [0, 0.1) is 0 Å². The predicted octanol–water partition coefficient (Wildman–Crippen LogP) is 2.30. The lowest BCUT2D eigenvalue weighted by Gasteiger charge is -2.10. The van der Waals surface area contributed by atoms with Gasteiger partial charge in [-0.2, -0.15) is 10.1 Å². The van der Waals surface area contributed by atoms with Crippen molar-refractivity contribution in [2.45, 2.75) is 52.1 Å². The second-order valence-corrected chi connectivity index (χ2v) is 6.35. The van der Waals surface area contributed by atoms with Crippen molar-refractivity contribution in [1.29, 1.82) is 0 Å². The van der Waals surface area contributed by atoms with Crippen LogP contribution in [0.25, 0.3) is 0 Å². The molecule has 8 nitrogen and oxygen atoms in total. The molecule has 0 radical (unpaired) electrons. The van der Waals surface area contributed by atoms with E-state index in [4.69, 9.17) is 4.52 Å². The minimum Gasteiger partial charge on any atom is -0.352 e. The third kappa shape index (κ3) is 5.73. The molecule has 8 heteroatoms. The lowest BCUT2D eigenvalue weighted by atomic mass is 10.1. The Hall–Kier alpha value is -3.03. The summed E-state index contributed by atoms with van der Waals surface area (Å²) in [6.07, 6.45) is 6.72. The molecule has 0 unspecified atom stereocenters. The van der Waals surface area contributed by atoms with Gasteiger partial charge in [-0.05, 0) is 24.0 Å². The molecule has 0 spiro atoms. The first-order valence-electron chi connectivity index (χ1n) is 9.22. The molecule has 0 aliphatic carbocycles. The van der Waals surface area contributed by atoms with Gasteiger partial charge in [0.25, 0.3) is 0 Å². The van der Waals surface area contributed by atoms with Gasteiger partial charge in [0, 0.05) is 25.8 Å². The molecule has 3 rings (SSSR count). The molecule has 0 saturated carbocycles. The van der Waals surface area contributed by atoms with E-state index in [0.717, 1.165) is 29.8 Å². The lowest BCUT2D eigenvalue weighted by molar-refractivity contribution is -0.121. The highest BCUT2D eigenvalue weighted by Gasteiger charge is 2.09. The van der Waals surface area contributed by atoms with Crippen molar-refractivity contribution in [2.75, 3.05) is 0 Å². The number of rotatable bonds is 10. The van der Waals surface area contributed by atoms with E-state index >= 15 is 0 Å². The molecule has 2 heterocycles. The third-order valence-corrected chi connectivity index (χ3v) is 4.17. The molecule has 0 saturated heterocycles. The number of hydrogen-bond donors (Lipinski definition) is 1. The normalized spacial score (nSPS) is 10.9. The maximum atomic E-state index is 12.1. The number of hydrogen-bond acceptors (Lipinski definition) is 6. The summed E-state index contributed by atoms with van der Waals surface area (Å²) in [4.78, 5) is 20.4. The van der Waals surface area contributed by atoms with E-state index in [2.05, 4.69) is 32.5 Å². The van der Waals surface area contributed by atoms with Crippen LogP contribution in [0.5, 0.6) is 0 Å². The van der Waals surface area contributed by atoms with Crippen molar-refractivity contribution in [1.82, 2.24) is 30.2 Å². The standard InChI is InChI=1S/C19H24N6O2/c1-2-6-17-23-19(27-24-17)10-5-9-18(26)21-11-15-7-3-4-8-16(15)12-25-14-20-13-22-25/h3-4,7-8,13-14H,2,5-6,9-12H2,1H3,(H,21,26). The Morgan fingerprint density at radius 3 is 2.85 bits per heavy atom. The van der Waals surface area contributed by atoms with Crippen LogP contribution in [0.3, 0.4) is 0 Å². The summed E-state index contributed by atoms with van der Waals surface area (Å²) in [5.74, 6) is 1.35. The van der Waals surface area contributed by atoms with Gasteiger partial charge in [0.15, 0.2) is 5.82 Å². The van der Waals surface area contributed by atoms with Crippen LogP contribution in [0.1, 0.15) is 49.0 Å². The second kappa shape index (κ2) is 9.61. The Labute approximate surface area is 158 Å². The van der Waals surface area contributed by atoms with Crippen molar-refractivity contribution in [2.24, 2.45) is 0 Å². The minimum atomic E-state index is 0.0128. The molecular weight excluding hydrogens is 344 g/mol. The average Bonchev–Trinajstić information content (AvgIpc) is 3.34. The topological polar surface area (TPSA) is 98.7 Å². The molecule has 1 N–H and O–H groups in total. The SMILES string of the molecule is CCCc1noc(CCCC(=O)NCc2ccccc2Cn2cncn2)n1. The molecule has 1 aromatic carbocycles. The summed E-state index contributed by atoms with van der Waals surface area (Å²) in [6.45, 7) is 3.19. The van der Waals surface area contributed by atoms with Gasteiger partial charge >= 0.3 is 0 Å². The van der Waals surface area contributed by atoms with Gasteiger partial charge in [0.05, 0.1) is 6.54 Å². The Kier molecular flexibility index (Phi) is 6.67. The summed E-state index contributed by atoms with van der Waals surface area (Å²) >= 11 is 0. The molecule has 0 bridgehead atoms. The van der Waals surface area contributed by atoms with Gasteiger partial charge in [0.2, 0.25) is 11.8 Å². The van der Waals surface area contributed by atoms with Gasteiger partial charge in [-0.3, -0.25) is 4.79 Å². The number of nitrogens with zero attached hydrogens (tertiary/aromatic N) is 5. The number of aryl methyl sites for hydroxylation is 2. The van der Waals surface area contributed by atoms with E-state index in [9.17, 15) is 4.79 Å². The van der Waals surface area contributed by atoms with Gasteiger partial charge in [-0.15, -0.1) is 0 Å². The maximum absolute atomic E-state index is 12.1. The molecule has 0 aliphatic heterocycles. The van der Waals surface area contributed by atoms with Crippen LogP contribution < -0.4 is 5.32 Å². The van der Waals surface area contributed by atoms with E-state index in [0.29, 0.717) is 38.2 Å². The lowest BCUT2D eigenvalue weighted by Crippen LogP contribution is -2.23. The molecule has 142 valence electrons. The smallest absolute Gasteiger partial charge is 0.226 e. The van der Waals surface area contributed by atoms with E-state index in [1.54, 1.807) is 11.0 Å². The highest BCUT2D eigenvalue weighted by Crippen LogP contribution is 2.10. The zero-order valence-corrected chi connectivity index (χ0v) is 15.5. The molecule has 0 atom stereocenters. The third-order valence-electron chi connectivity index (χ3n) is 4.17. The van der Waals surface area contributed by atoms with Crippen molar-refractivity contribution in [3.05, 3.63) is 59.8 Å². The largest absolute Gasteiger partial charge is 0.352 e. The quantitative estimate of drug-likeness (QED) is 0.589. The zero-order chi connectivity index (χ0) is 18.9. The van der Waals surface area contributed by atoms with Crippen molar-refractivity contribution < 1.29 is 9.32 Å². The summed E-state index contributed by atoms with van der Waals surface area (Å²) in [6, 6.07) is 8.00. The van der Waals surface area contributed by atoms with Crippen molar-refractivity contribution in [3.63, 3.8) is 0 Å². The van der Waals surface area contributed by atoms with E-state index in [1.807, 2.05) is 24.3 Å². The minimum absolute atomic E-state index is 0.0128. The van der Waals surface area contributed by atoms with E-state index in [1.165, 1.54) is 6.33 Å². The fourth-order valence-corrected chi connectivity index (χ4v) is 2.77. The number of aromatic nitrogens is 5. The summed E-state index contributed by atoms with van der Waals surface area (Å²) in [5.41, 5.74) is 2.18. The fraction of sp³-hybridized carbons (Fsp3) is 0.421.